The van der Waals surface area contributed by atoms with Gasteiger partial charge in [-0.25, -0.2) is 4.39 Å². The van der Waals surface area contributed by atoms with E-state index in [-0.39, 0.29) is 11.8 Å². The van der Waals surface area contributed by atoms with E-state index in [1.54, 1.807) is 6.92 Å². The van der Waals surface area contributed by atoms with E-state index in [1.807, 2.05) is 36.4 Å². The number of amides is 2. The van der Waals surface area contributed by atoms with Gasteiger partial charge < -0.3 is 10.6 Å². The Morgan fingerprint density at radius 1 is 1.30 bits per heavy atom. The van der Waals surface area contributed by atoms with Gasteiger partial charge in [-0.15, -0.1) is 0 Å². The van der Waals surface area contributed by atoms with Crippen molar-refractivity contribution in [2.45, 2.75) is 26.8 Å². The summed E-state index contributed by atoms with van der Waals surface area (Å²) in [6.45, 7) is 6.16. The maximum Gasteiger partial charge on any atom is 0.252 e. The van der Waals surface area contributed by atoms with E-state index < -0.39 is 11.9 Å². The zero-order valence-corrected chi connectivity index (χ0v) is 13.8. The summed E-state index contributed by atoms with van der Waals surface area (Å²) in [4.78, 5) is 23.8. The van der Waals surface area contributed by atoms with E-state index >= 15 is 0 Å². The van der Waals surface area contributed by atoms with Crippen molar-refractivity contribution in [3.05, 3.63) is 33.1 Å². The molecule has 1 unspecified atom stereocenters. The fourth-order valence-corrected chi connectivity index (χ4v) is 2.19. The third-order valence-electron chi connectivity index (χ3n) is 2.60. The average Bonchev–Trinajstić information content (AvgIpc) is 2.35. The second-order valence-corrected chi connectivity index (χ2v) is 6.12. The smallest absolute Gasteiger partial charge is 0.252 e. The van der Waals surface area contributed by atoms with Crippen LogP contribution in [0.25, 0.3) is 0 Å². The summed E-state index contributed by atoms with van der Waals surface area (Å²) < 4.78 is 13.5. The number of carbonyl (C=O) groups excluding carboxylic acids is 2. The lowest BCUT2D eigenvalue weighted by atomic mass is 10.2. The Labute approximate surface area is 131 Å². The van der Waals surface area contributed by atoms with Crippen molar-refractivity contribution in [1.82, 2.24) is 10.6 Å². The average molecular weight is 392 g/mol. The van der Waals surface area contributed by atoms with Gasteiger partial charge in [0, 0.05) is 10.1 Å². The van der Waals surface area contributed by atoms with Crippen molar-refractivity contribution >= 4 is 34.4 Å². The van der Waals surface area contributed by atoms with Crippen LogP contribution in [0, 0.1) is 15.3 Å². The number of carbonyl (C=O) groups is 2. The van der Waals surface area contributed by atoms with E-state index in [2.05, 4.69) is 10.6 Å². The van der Waals surface area contributed by atoms with Gasteiger partial charge in [0.15, 0.2) is 0 Å². The minimum atomic E-state index is -0.637. The molecule has 0 bridgehead atoms. The molecule has 20 heavy (non-hydrogen) atoms. The van der Waals surface area contributed by atoms with Gasteiger partial charge in [0.05, 0.1) is 5.56 Å². The van der Waals surface area contributed by atoms with Crippen LogP contribution < -0.4 is 10.6 Å². The van der Waals surface area contributed by atoms with Crippen LogP contribution in [0.5, 0.6) is 0 Å². The predicted octanol–water partition coefficient (Wildman–Crippen LogP) is 2.32. The molecule has 0 aromatic heterocycles. The first-order valence-electron chi connectivity index (χ1n) is 6.35. The molecule has 110 valence electrons. The van der Waals surface area contributed by atoms with Gasteiger partial charge >= 0.3 is 0 Å². The Bertz CT molecular complexity index is 506. The zero-order valence-electron chi connectivity index (χ0n) is 11.7. The van der Waals surface area contributed by atoms with Gasteiger partial charge in [0.2, 0.25) is 5.91 Å². The monoisotopic (exact) mass is 392 g/mol. The van der Waals surface area contributed by atoms with Crippen LogP contribution in [0.15, 0.2) is 18.2 Å². The summed E-state index contributed by atoms with van der Waals surface area (Å²) in [7, 11) is 0. The lowest BCUT2D eigenvalue weighted by Crippen LogP contribution is -2.45. The van der Waals surface area contributed by atoms with Crippen LogP contribution in [-0.2, 0) is 4.79 Å². The molecule has 0 aliphatic heterocycles. The third kappa shape index (κ3) is 5.07. The van der Waals surface area contributed by atoms with Crippen LogP contribution >= 0.6 is 22.6 Å². The minimum Gasteiger partial charge on any atom is -0.354 e. The Balaban J connectivity index is 2.63. The second kappa shape index (κ2) is 7.56. The first-order valence-corrected chi connectivity index (χ1v) is 7.42. The van der Waals surface area contributed by atoms with E-state index in [0.29, 0.717) is 21.6 Å². The number of nitrogens with one attached hydrogen (secondary N) is 2. The number of halogens is 2. The van der Waals surface area contributed by atoms with Crippen molar-refractivity contribution < 1.29 is 14.0 Å². The van der Waals surface area contributed by atoms with Crippen molar-refractivity contribution in [1.29, 1.82) is 0 Å². The van der Waals surface area contributed by atoms with Crippen molar-refractivity contribution in [3.63, 3.8) is 0 Å². The summed E-state index contributed by atoms with van der Waals surface area (Å²) >= 11 is 1.89. The molecule has 0 aliphatic carbocycles. The van der Waals surface area contributed by atoms with E-state index in [9.17, 15) is 14.0 Å². The molecule has 0 saturated heterocycles. The molecule has 0 spiro atoms. The third-order valence-corrected chi connectivity index (χ3v) is 3.49. The largest absolute Gasteiger partial charge is 0.354 e. The first kappa shape index (κ1) is 16.9. The zero-order chi connectivity index (χ0) is 15.3. The van der Waals surface area contributed by atoms with Gasteiger partial charge in [0.1, 0.15) is 11.9 Å². The summed E-state index contributed by atoms with van der Waals surface area (Å²) in [5.41, 5.74) is 0.357. The van der Waals surface area contributed by atoms with E-state index in [0.717, 1.165) is 0 Å². The summed E-state index contributed by atoms with van der Waals surface area (Å²) in [5, 5.41) is 5.35. The molecule has 0 fully saturated rings. The Morgan fingerprint density at radius 3 is 2.50 bits per heavy atom. The molecule has 0 heterocycles. The number of hydrogen-bond acceptors (Lipinski definition) is 2. The highest BCUT2D eigenvalue weighted by molar-refractivity contribution is 14.1. The molecule has 2 amide bonds. The standard InChI is InChI=1S/C14H18FIN2O2/c1-8(2)7-17-13(19)9(3)18-14(20)11-5-4-10(15)6-12(11)16/h4-6,8-9H,7H2,1-3H3,(H,17,19)(H,18,20). The Hall–Kier alpha value is -1.18. The summed E-state index contributed by atoms with van der Waals surface area (Å²) in [6, 6.07) is 3.27. The fourth-order valence-electron chi connectivity index (χ4n) is 1.47. The molecule has 1 aromatic rings. The van der Waals surface area contributed by atoms with Gasteiger partial charge in [0.25, 0.3) is 5.91 Å². The van der Waals surface area contributed by atoms with Crippen molar-refractivity contribution in [2.24, 2.45) is 5.92 Å². The highest BCUT2D eigenvalue weighted by Crippen LogP contribution is 2.13. The van der Waals surface area contributed by atoms with E-state index in [1.165, 1.54) is 18.2 Å². The van der Waals surface area contributed by atoms with Gasteiger partial charge in [-0.05, 0) is 53.6 Å². The number of hydrogen-bond donors (Lipinski definition) is 2. The number of rotatable bonds is 5. The fraction of sp³-hybridized carbons (Fsp3) is 0.429. The lowest BCUT2D eigenvalue weighted by Gasteiger charge is -2.15. The second-order valence-electron chi connectivity index (χ2n) is 4.96. The van der Waals surface area contributed by atoms with Gasteiger partial charge in [-0.3, -0.25) is 9.59 Å². The summed E-state index contributed by atoms with van der Waals surface area (Å²) in [5.74, 6) is -0.667. The Morgan fingerprint density at radius 2 is 1.95 bits per heavy atom. The molecule has 1 aromatic carbocycles. The molecule has 1 atom stereocenters. The summed E-state index contributed by atoms with van der Waals surface area (Å²) in [6.07, 6.45) is 0. The lowest BCUT2D eigenvalue weighted by molar-refractivity contribution is -0.122. The molecule has 0 radical (unpaired) electrons. The molecular formula is C14H18FIN2O2. The van der Waals surface area contributed by atoms with Crippen LogP contribution in [-0.4, -0.2) is 24.4 Å². The van der Waals surface area contributed by atoms with Gasteiger partial charge in [-0.1, -0.05) is 13.8 Å². The van der Waals surface area contributed by atoms with Crippen LogP contribution in [0.1, 0.15) is 31.1 Å². The Kier molecular flexibility index (Phi) is 6.38. The maximum atomic E-state index is 13.0. The topological polar surface area (TPSA) is 58.2 Å². The maximum absolute atomic E-state index is 13.0. The first-order chi connectivity index (χ1) is 9.31. The highest BCUT2D eigenvalue weighted by atomic mass is 127. The molecule has 1 rings (SSSR count). The predicted molar refractivity (Wildman–Crippen MR) is 83.9 cm³/mol. The molecule has 0 saturated carbocycles. The molecule has 2 N–H and O–H groups in total. The number of benzene rings is 1. The normalized spacial score (nSPS) is 12.1. The molecule has 6 heteroatoms. The van der Waals surface area contributed by atoms with Crippen molar-refractivity contribution in [2.75, 3.05) is 6.54 Å². The quantitative estimate of drug-likeness (QED) is 0.756. The van der Waals surface area contributed by atoms with E-state index in [4.69, 9.17) is 0 Å². The molecule has 0 aliphatic rings. The van der Waals surface area contributed by atoms with Crippen LogP contribution in [0.2, 0.25) is 0 Å². The molecular weight excluding hydrogens is 374 g/mol. The SMILES string of the molecule is CC(C)CNC(=O)C(C)NC(=O)c1ccc(F)cc1I. The minimum absolute atomic E-state index is 0.232. The van der Waals surface area contributed by atoms with Crippen molar-refractivity contribution in [3.8, 4) is 0 Å². The van der Waals surface area contributed by atoms with Gasteiger partial charge in [-0.2, -0.15) is 0 Å². The van der Waals surface area contributed by atoms with Crippen LogP contribution in [0.4, 0.5) is 4.39 Å². The molecule has 4 nitrogen and oxygen atoms in total. The highest BCUT2D eigenvalue weighted by Gasteiger charge is 2.18. The van der Waals surface area contributed by atoms with Crippen LogP contribution in [0.3, 0.4) is 0 Å².